The quantitative estimate of drug-likeness (QED) is 0.612. The van der Waals surface area contributed by atoms with E-state index in [2.05, 4.69) is 5.43 Å². The highest BCUT2D eigenvalue weighted by molar-refractivity contribution is 6.30. The number of carbonyl (C=O) groups excluding carboxylic acids is 1. The van der Waals surface area contributed by atoms with Crippen LogP contribution in [0.3, 0.4) is 0 Å². The third-order valence-electron chi connectivity index (χ3n) is 4.63. The molecule has 6 nitrogen and oxygen atoms in total. The van der Waals surface area contributed by atoms with Gasteiger partial charge in [-0.2, -0.15) is 0 Å². The van der Waals surface area contributed by atoms with E-state index in [4.69, 9.17) is 26.8 Å². The van der Waals surface area contributed by atoms with Gasteiger partial charge in [0.25, 0.3) is 0 Å². The van der Waals surface area contributed by atoms with Crippen LogP contribution in [0.4, 0.5) is 0 Å². The third kappa shape index (κ3) is 5.58. The van der Waals surface area contributed by atoms with Gasteiger partial charge >= 0.3 is 5.97 Å². The van der Waals surface area contributed by atoms with Crippen molar-refractivity contribution >= 4 is 17.6 Å². The van der Waals surface area contributed by atoms with Crippen LogP contribution < -0.4 is 11.2 Å². The van der Waals surface area contributed by atoms with Gasteiger partial charge in [0.1, 0.15) is 5.70 Å². The Kier molecular flexibility index (Phi) is 7.66. The summed E-state index contributed by atoms with van der Waals surface area (Å²) in [6.45, 7) is 3.23. The van der Waals surface area contributed by atoms with Crippen LogP contribution in [0, 0.1) is 0 Å². The first-order chi connectivity index (χ1) is 14.1. The van der Waals surface area contributed by atoms with E-state index in [1.807, 2.05) is 60.7 Å². The third-order valence-corrected chi connectivity index (χ3v) is 4.89. The van der Waals surface area contributed by atoms with Crippen LogP contribution in [0.25, 0.3) is 0 Å². The Morgan fingerprint density at radius 1 is 1.21 bits per heavy atom. The molecule has 0 amide bonds. The smallest absolute Gasteiger partial charge is 0.355 e. The summed E-state index contributed by atoms with van der Waals surface area (Å²) in [5.74, 6) is -0.391. The standard InChI is InChI=1S/C22H26ClN3O3/c1-2-29-22(27)21-12-20(17-8-10-18(23)11-9-17)25-26(21)19(13-24)15-28-14-16-6-4-3-5-7-16/h3-12,19-20,25H,2,13-15,24H2,1H3. The van der Waals surface area contributed by atoms with Crippen molar-refractivity contribution in [3.05, 3.63) is 82.5 Å². The zero-order chi connectivity index (χ0) is 20.6. The number of benzene rings is 2. The molecule has 2 atom stereocenters. The summed E-state index contributed by atoms with van der Waals surface area (Å²) in [5, 5.41) is 2.43. The van der Waals surface area contributed by atoms with E-state index in [1.54, 1.807) is 11.9 Å². The maximum Gasteiger partial charge on any atom is 0.355 e. The molecular formula is C22H26ClN3O3. The van der Waals surface area contributed by atoms with Crippen molar-refractivity contribution < 1.29 is 14.3 Å². The van der Waals surface area contributed by atoms with E-state index in [-0.39, 0.29) is 12.1 Å². The number of esters is 1. The number of rotatable bonds is 9. The van der Waals surface area contributed by atoms with Crippen LogP contribution in [0.15, 0.2) is 66.4 Å². The lowest BCUT2D eigenvalue weighted by atomic mass is 10.1. The molecule has 1 aliphatic heterocycles. The Morgan fingerprint density at radius 2 is 1.93 bits per heavy atom. The first-order valence-corrected chi connectivity index (χ1v) is 10.0. The Hall–Kier alpha value is -2.38. The minimum absolute atomic E-state index is 0.185. The summed E-state index contributed by atoms with van der Waals surface area (Å²) < 4.78 is 11.1. The molecule has 0 bridgehead atoms. The van der Waals surface area contributed by atoms with E-state index in [0.29, 0.717) is 37.1 Å². The van der Waals surface area contributed by atoms with Crippen molar-refractivity contribution in [2.24, 2.45) is 5.73 Å². The number of nitrogens with two attached hydrogens (primary N) is 1. The highest BCUT2D eigenvalue weighted by Gasteiger charge is 2.33. The van der Waals surface area contributed by atoms with E-state index in [0.717, 1.165) is 11.1 Å². The Labute approximate surface area is 176 Å². The molecule has 3 rings (SSSR count). The molecule has 0 aromatic heterocycles. The van der Waals surface area contributed by atoms with E-state index in [1.165, 1.54) is 0 Å². The lowest BCUT2D eigenvalue weighted by Crippen LogP contribution is -2.49. The van der Waals surface area contributed by atoms with Crippen molar-refractivity contribution in [3.63, 3.8) is 0 Å². The van der Waals surface area contributed by atoms with E-state index < -0.39 is 5.97 Å². The van der Waals surface area contributed by atoms with Crippen molar-refractivity contribution in [2.45, 2.75) is 25.6 Å². The zero-order valence-electron chi connectivity index (χ0n) is 16.4. The molecule has 3 N–H and O–H groups in total. The number of nitrogens with one attached hydrogen (secondary N) is 1. The van der Waals surface area contributed by atoms with E-state index in [9.17, 15) is 4.79 Å². The van der Waals surface area contributed by atoms with Crippen LogP contribution in [0.2, 0.25) is 5.02 Å². The van der Waals surface area contributed by atoms with Gasteiger partial charge in [-0.1, -0.05) is 54.1 Å². The molecule has 2 unspecified atom stereocenters. The summed E-state index contributed by atoms with van der Waals surface area (Å²) in [4.78, 5) is 12.5. The summed E-state index contributed by atoms with van der Waals surface area (Å²) in [7, 11) is 0. The Balaban J connectivity index is 1.72. The predicted octanol–water partition coefficient (Wildman–Crippen LogP) is 3.19. The van der Waals surface area contributed by atoms with Gasteiger partial charge in [-0.05, 0) is 36.3 Å². The molecular weight excluding hydrogens is 390 g/mol. The summed E-state index contributed by atoms with van der Waals surface area (Å²) in [6, 6.07) is 17.0. The molecule has 0 aliphatic carbocycles. The lowest BCUT2D eigenvalue weighted by Gasteiger charge is -2.31. The minimum Gasteiger partial charge on any atom is -0.461 e. The van der Waals surface area contributed by atoms with Crippen LogP contribution in [-0.2, 0) is 20.9 Å². The molecule has 154 valence electrons. The highest BCUT2D eigenvalue weighted by atomic mass is 35.5. The minimum atomic E-state index is -0.391. The van der Waals surface area contributed by atoms with Crippen LogP contribution in [0.1, 0.15) is 24.1 Å². The number of halogens is 1. The number of carbonyl (C=O) groups is 1. The average molecular weight is 416 g/mol. The molecule has 2 aromatic carbocycles. The van der Waals surface area contributed by atoms with Gasteiger partial charge in [0.2, 0.25) is 0 Å². The van der Waals surface area contributed by atoms with Crippen molar-refractivity contribution in [3.8, 4) is 0 Å². The monoisotopic (exact) mass is 415 g/mol. The van der Waals surface area contributed by atoms with Gasteiger partial charge in [0.05, 0.1) is 31.9 Å². The second-order valence-corrected chi connectivity index (χ2v) is 7.13. The van der Waals surface area contributed by atoms with Gasteiger partial charge in [0, 0.05) is 11.6 Å². The first kappa shape index (κ1) is 21.3. The second-order valence-electron chi connectivity index (χ2n) is 6.69. The lowest BCUT2D eigenvalue weighted by molar-refractivity contribution is -0.141. The van der Waals surface area contributed by atoms with Crippen LogP contribution in [0.5, 0.6) is 0 Å². The second kappa shape index (κ2) is 10.4. The summed E-state index contributed by atoms with van der Waals surface area (Å²) >= 11 is 5.99. The topological polar surface area (TPSA) is 76.8 Å². The fourth-order valence-corrected chi connectivity index (χ4v) is 3.27. The van der Waals surface area contributed by atoms with Gasteiger partial charge < -0.3 is 15.2 Å². The number of nitrogens with zero attached hydrogens (tertiary/aromatic N) is 1. The predicted molar refractivity (Wildman–Crippen MR) is 113 cm³/mol. The van der Waals surface area contributed by atoms with Crippen molar-refractivity contribution in [1.29, 1.82) is 0 Å². The van der Waals surface area contributed by atoms with E-state index >= 15 is 0 Å². The van der Waals surface area contributed by atoms with Crippen LogP contribution in [-0.4, -0.2) is 36.8 Å². The maximum absolute atomic E-state index is 12.5. The molecule has 0 spiro atoms. The fourth-order valence-electron chi connectivity index (χ4n) is 3.14. The molecule has 0 fully saturated rings. The maximum atomic E-state index is 12.5. The highest BCUT2D eigenvalue weighted by Crippen LogP contribution is 2.27. The number of hydrazine groups is 1. The molecule has 1 heterocycles. The molecule has 0 saturated heterocycles. The summed E-state index contributed by atoms with van der Waals surface area (Å²) in [6.07, 6.45) is 1.85. The normalized spacial score (nSPS) is 17.1. The first-order valence-electron chi connectivity index (χ1n) is 9.64. The SMILES string of the molecule is CCOC(=O)C1=CC(c2ccc(Cl)cc2)NN1C(CN)COCc1ccccc1. The number of hydrogen-bond donors (Lipinski definition) is 2. The van der Waals surface area contributed by atoms with Gasteiger partial charge in [-0.3, -0.25) is 5.01 Å². The number of ether oxygens (including phenoxy) is 2. The summed E-state index contributed by atoms with van der Waals surface area (Å²) in [5.41, 5.74) is 11.9. The molecule has 1 aliphatic rings. The molecule has 0 radical (unpaired) electrons. The Morgan fingerprint density at radius 3 is 2.59 bits per heavy atom. The van der Waals surface area contributed by atoms with Gasteiger partial charge in [-0.15, -0.1) is 0 Å². The fraction of sp³-hybridized carbons (Fsp3) is 0.318. The molecule has 29 heavy (non-hydrogen) atoms. The Bertz CT molecular complexity index is 827. The average Bonchev–Trinajstić information content (AvgIpc) is 3.18. The van der Waals surface area contributed by atoms with Crippen molar-refractivity contribution in [2.75, 3.05) is 19.8 Å². The van der Waals surface area contributed by atoms with Gasteiger partial charge in [0.15, 0.2) is 0 Å². The van der Waals surface area contributed by atoms with Crippen molar-refractivity contribution in [1.82, 2.24) is 10.4 Å². The molecule has 0 saturated carbocycles. The van der Waals surface area contributed by atoms with Crippen LogP contribution >= 0.6 is 11.6 Å². The van der Waals surface area contributed by atoms with Gasteiger partial charge in [-0.25, -0.2) is 10.2 Å². The number of hydrogen-bond acceptors (Lipinski definition) is 6. The largest absolute Gasteiger partial charge is 0.461 e. The zero-order valence-corrected chi connectivity index (χ0v) is 17.1. The molecule has 7 heteroatoms. The molecule has 2 aromatic rings.